The van der Waals surface area contributed by atoms with Crippen LogP contribution in [0.15, 0.2) is 23.4 Å². The molecular formula is C27H36N2O7. The summed E-state index contributed by atoms with van der Waals surface area (Å²) < 4.78 is 21.9. The van der Waals surface area contributed by atoms with Crippen LogP contribution in [0, 0.1) is 12.3 Å². The average molecular weight is 501 g/mol. The Morgan fingerprint density at radius 1 is 1.08 bits per heavy atom. The van der Waals surface area contributed by atoms with Crippen molar-refractivity contribution in [2.45, 2.75) is 51.9 Å². The van der Waals surface area contributed by atoms with E-state index in [9.17, 15) is 14.7 Å². The Kier molecular flexibility index (Phi) is 7.09. The Morgan fingerprint density at radius 2 is 1.81 bits per heavy atom. The van der Waals surface area contributed by atoms with Crippen LogP contribution in [-0.4, -0.2) is 86.2 Å². The zero-order chi connectivity index (χ0) is 25.4. The molecule has 1 spiro atoms. The number of β-amino-alcohol motifs (C(OH)–C–C–N with tert-alkyl or cyclic N) is 1. The number of aliphatic hydroxyl groups excluding tert-OH is 1. The first-order valence-electron chi connectivity index (χ1n) is 12.8. The molecule has 36 heavy (non-hydrogen) atoms. The maximum absolute atomic E-state index is 11.9. The number of ether oxygens (including phenoxy) is 4. The molecule has 0 amide bonds. The predicted octanol–water partition coefficient (Wildman–Crippen LogP) is 2.31. The lowest BCUT2D eigenvalue weighted by Gasteiger charge is -2.52. The Balaban J connectivity index is 1.23. The van der Waals surface area contributed by atoms with Gasteiger partial charge in [0.1, 0.15) is 20.0 Å². The standard InChI is InChI=1S/C27H36N2O7/c1-17-19(4-5-20-21(17)14-34-26(20)32)23(30)12-28-9-6-27(7-10-28)8-11-29(13-24(27)36-16-33-3)22-15-35-25(31)18(22)2/h4-5,23-24,30H,6-16H2,1-3H3/t23-,24?/m0/s1. The lowest BCUT2D eigenvalue weighted by Crippen LogP contribution is -2.56. The van der Waals surface area contributed by atoms with Crippen molar-refractivity contribution in [3.63, 3.8) is 0 Å². The molecule has 4 aliphatic rings. The first-order valence-corrected chi connectivity index (χ1v) is 12.8. The van der Waals surface area contributed by atoms with Gasteiger partial charge in [0.25, 0.3) is 0 Å². The summed E-state index contributed by atoms with van der Waals surface area (Å²) in [4.78, 5) is 28.3. The summed E-state index contributed by atoms with van der Waals surface area (Å²) in [5.41, 5.74) is 5.00. The van der Waals surface area contributed by atoms with E-state index in [4.69, 9.17) is 18.9 Å². The molecule has 0 radical (unpaired) electrons. The number of benzene rings is 1. The molecule has 196 valence electrons. The van der Waals surface area contributed by atoms with Crippen LogP contribution in [0.2, 0.25) is 0 Å². The fourth-order valence-electron chi connectivity index (χ4n) is 6.25. The largest absolute Gasteiger partial charge is 0.457 e. The average Bonchev–Trinajstić information content (AvgIpc) is 3.42. The molecule has 5 rings (SSSR count). The Hall–Kier alpha value is -2.46. The van der Waals surface area contributed by atoms with Crippen LogP contribution < -0.4 is 0 Å². The molecule has 0 bridgehead atoms. The van der Waals surface area contributed by atoms with Crippen LogP contribution in [0.5, 0.6) is 0 Å². The third-order valence-corrected chi connectivity index (χ3v) is 8.65. The Labute approximate surface area is 211 Å². The van der Waals surface area contributed by atoms with Gasteiger partial charge in [-0.2, -0.15) is 0 Å². The van der Waals surface area contributed by atoms with E-state index >= 15 is 0 Å². The number of cyclic esters (lactones) is 2. The molecule has 0 aromatic heterocycles. The molecule has 9 heteroatoms. The number of methoxy groups -OCH3 is 1. The minimum atomic E-state index is -0.628. The van der Waals surface area contributed by atoms with Gasteiger partial charge in [-0.05, 0) is 63.4 Å². The van der Waals surface area contributed by atoms with E-state index in [-0.39, 0.29) is 36.9 Å². The summed E-state index contributed by atoms with van der Waals surface area (Å²) >= 11 is 0. The number of esters is 2. The molecule has 1 aromatic carbocycles. The monoisotopic (exact) mass is 500 g/mol. The molecule has 2 atom stereocenters. The number of carbonyl (C=O) groups excluding carboxylic acids is 2. The number of nitrogens with zero attached hydrogens (tertiary/aromatic N) is 2. The van der Waals surface area contributed by atoms with Gasteiger partial charge in [0, 0.05) is 37.7 Å². The number of hydrogen-bond donors (Lipinski definition) is 1. The number of piperidine rings is 2. The highest BCUT2D eigenvalue weighted by Crippen LogP contribution is 2.44. The molecule has 1 N–H and O–H groups in total. The number of aliphatic hydroxyl groups is 1. The summed E-state index contributed by atoms with van der Waals surface area (Å²) in [6.45, 7) is 8.52. The minimum absolute atomic E-state index is 0.00855. The van der Waals surface area contributed by atoms with E-state index in [1.807, 2.05) is 19.9 Å². The third kappa shape index (κ3) is 4.53. The van der Waals surface area contributed by atoms with Gasteiger partial charge in [0.15, 0.2) is 0 Å². The number of likely N-dealkylation sites (tertiary alicyclic amines) is 2. The summed E-state index contributed by atoms with van der Waals surface area (Å²) in [7, 11) is 1.64. The van der Waals surface area contributed by atoms with Crippen molar-refractivity contribution in [1.82, 2.24) is 9.80 Å². The van der Waals surface area contributed by atoms with Crippen molar-refractivity contribution in [1.29, 1.82) is 0 Å². The fraction of sp³-hybridized carbons (Fsp3) is 0.630. The first-order chi connectivity index (χ1) is 17.3. The van der Waals surface area contributed by atoms with E-state index in [0.29, 0.717) is 30.8 Å². The van der Waals surface area contributed by atoms with Gasteiger partial charge in [-0.1, -0.05) is 6.07 Å². The van der Waals surface area contributed by atoms with Crippen LogP contribution >= 0.6 is 0 Å². The molecule has 1 aromatic rings. The minimum Gasteiger partial charge on any atom is -0.457 e. The van der Waals surface area contributed by atoms with Gasteiger partial charge >= 0.3 is 11.9 Å². The number of rotatable bonds is 7. The molecule has 0 saturated carbocycles. The Morgan fingerprint density at radius 3 is 2.50 bits per heavy atom. The van der Waals surface area contributed by atoms with Gasteiger partial charge in [-0.15, -0.1) is 0 Å². The zero-order valence-corrected chi connectivity index (χ0v) is 21.4. The summed E-state index contributed by atoms with van der Waals surface area (Å²) in [6, 6.07) is 3.63. The van der Waals surface area contributed by atoms with Crippen molar-refractivity contribution in [3.8, 4) is 0 Å². The van der Waals surface area contributed by atoms with Gasteiger partial charge in [0.2, 0.25) is 0 Å². The zero-order valence-electron chi connectivity index (χ0n) is 21.4. The van der Waals surface area contributed by atoms with Crippen molar-refractivity contribution in [3.05, 3.63) is 45.7 Å². The number of carbonyl (C=O) groups is 2. The van der Waals surface area contributed by atoms with Gasteiger partial charge in [-0.25, -0.2) is 9.59 Å². The number of fused-ring (bicyclic) bond motifs is 1. The van der Waals surface area contributed by atoms with Gasteiger partial charge in [-0.3, -0.25) is 0 Å². The van der Waals surface area contributed by atoms with Crippen LogP contribution in [0.4, 0.5) is 0 Å². The molecule has 2 fully saturated rings. The second-order valence-corrected chi connectivity index (χ2v) is 10.5. The quantitative estimate of drug-likeness (QED) is 0.447. The van der Waals surface area contributed by atoms with Crippen LogP contribution in [0.1, 0.15) is 59.3 Å². The van der Waals surface area contributed by atoms with Crippen LogP contribution in [0.3, 0.4) is 0 Å². The molecule has 1 unspecified atom stereocenters. The van der Waals surface area contributed by atoms with E-state index in [1.165, 1.54) is 0 Å². The summed E-state index contributed by atoms with van der Waals surface area (Å²) in [6.07, 6.45) is 2.28. The molecule has 2 saturated heterocycles. The highest BCUT2D eigenvalue weighted by atomic mass is 16.7. The fourth-order valence-corrected chi connectivity index (χ4v) is 6.25. The molecule has 0 aliphatic carbocycles. The highest BCUT2D eigenvalue weighted by Gasteiger charge is 2.47. The van der Waals surface area contributed by atoms with E-state index in [0.717, 1.165) is 61.3 Å². The molecular weight excluding hydrogens is 464 g/mol. The van der Waals surface area contributed by atoms with E-state index in [2.05, 4.69) is 9.80 Å². The maximum atomic E-state index is 11.9. The smallest absolute Gasteiger partial charge is 0.338 e. The summed E-state index contributed by atoms with van der Waals surface area (Å²) in [5, 5.41) is 11.1. The number of hydrogen-bond acceptors (Lipinski definition) is 9. The third-order valence-electron chi connectivity index (χ3n) is 8.65. The highest BCUT2D eigenvalue weighted by molar-refractivity contribution is 5.94. The van der Waals surface area contributed by atoms with Crippen molar-refractivity contribution in [2.24, 2.45) is 5.41 Å². The molecule has 4 heterocycles. The first kappa shape index (κ1) is 25.2. The van der Waals surface area contributed by atoms with Crippen LogP contribution in [-0.2, 0) is 30.3 Å². The SMILES string of the molecule is COCOC1CN(C2=C(C)C(=O)OC2)CCC12CCN(C[C@H](O)c1ccc3c(c1C)COC3=O)CC2. The van der Waals surface area contributed by atoms with Gasteiger partial charge < -0.3 is 33.9 Å². The molecule has 4 aliphatic heterocycles. The van der Waals surface area contributed by atoms with Crippen molar-refractivity contribution >= 4 is 11.9 Å². The predicted molar refractivity (Wildman–Crippen MR) is 130 cm³/mol. The lowest BCUT2D eigenvalue weighted by atomic mass is 9.69. The van der Waals surface area contributed by atoms with Crippen molar-refractivity contribution < 1.29 is 33.6 Å². The van der Waals surface area contributed by atoms with Crippen LogP contribution in [0.25, 0.3) is 0 Å². The van der Waals surface area contributed by atoms with E-state index < -0.39 is 6.10 Å². The topological polar surface area (TPSA) is 97.8 Å². The maximum Gasteiger partial charge on any atom is 0.338 e. The van der Waals surface area contributed by atoms with Gasteiger partial charge in [0.05, 0.1) is 29.0 Å². The second kappa shape index (κ2) is 10.1. The summed E-state index contributed by atoms with van der Waals surface area (Å²) in [5.74, 6) is -0.519. The van der Waals surface area contributed by atoms with Crippen molar-refractivity contribution in [2.75, 3.05) is 53.2 Å². The normalized spacial score (nSPS) is 24.8. The molecule has 9 nitrogen and oxygen atoms in total. The lowest BCUT2D eigenvalue weighted by molar-refractivity contribution is -0.157. The second-order valence-electron chi connectivity index (χ2n) is 10.5. The van der Waals surface area contributed by atoms with E-state index in [1.54, 1.807) is 13.2 Å². The Bertz CT molecular complexity index is 1060.